The molecule has 2 aromatic heterocycles. The molecular weight excluding hydrogens is 168 g/mol. The number of aromatic amines is 1. The Balaban J connectivity index is 2.52. The third-order valence-electron chi connectivity index (χ3n) is 1.62. The van der Waals surface area contributed by atoms with Gasteiger partial charge >= 0.3 is 0 Å². The monoisotopic (exact) mass is 174 g/mol. The molecule has 64 valence electrons. The molecular formula is C8H6N4O. The third kappa shape index (κ3) is 1.31. The first-order chi connectivity index (χ1) is 6.42. The summed E-state index contributed by atoms with van der Waals surface area (Å²) in [5.74, 6) is 0. The number of hydrogen-bond donors (Lipinski definition) is 1. The number of aromatic nitrogens is 4. The Kier molecular flexibility index (Phi) is 1.84. The number of hydrogen-bond acceptors (Lipinski definition) is 4. The van der Waals surface area contributed by atoms with Gasteiger partial charge in [-0.15, -0.1) is 0 Å². The Bertz CT molecular complexity index is 409. The molecule has 0 unspecified atom stereocenters. The van der Waals surface area contributed by atoms with Crippen molar-refractivity contribution in [3.05, 3.63) is 30.2 Å². The molecule has 0 saturated heterocycles. The van der Waals surface area contributed by atoms with Gasteiger partial charge in [-0.1, -0.05) is 0 Å². The number of carbonyl (C=O) groups is 1. The fraction of sp³-hybridized carbons (Fsp3) is 0. The minimum Gasteiger partial charge on any atom is -0.296 e. The number of carbonyl (C=O) groups excluding carboxylic acids is 1. The van der Waals surface area contributed by atoms with E-state index in [1.165, 1.54) is 0 Å². The van der Waals surface area contributed by atoms with Crippen molar-refractivity contribution in [2.75, 3.05) is 0 Å². The molecule has 0 radical (unpaired) electrons. The molecule has 5 heteroatoms. The lowest BCUT2D eigenvalue weighted by Crippen LogP contribution is -1.85. The first kappa shape index (κ1) is 7.60. The van der Waals surface area contributed by atoms with Crippen LogP contribution in [0.2, 0.25) is 0 Å². The van der Waals surface area contributed by atoms with Crippen molar-refractivity contribution in [3.63, 3.8) is 0 Å². The predicted molar refractivity (Wildman–Crippen MR) is 45.0 cm³/mol. The first-order valence-electron chi connectivity index (χ1n) is 3.68. The van der Waals surface area contributed by atoms with Crippen LogP contribution in [0.1, 0.15) is 10.5 Å². The molecule has 0 aliphatic rings. The van der Waals surface area contributed by atoms with Crippen LogP contribution < -0.4 is 0 Å². The molecule has 0 bridgehead atoms. The lowest BCUT2D eigenvalue weighted by atomic mass is 10.2. The summed E-state index contributed by atoms with van der Waals surface area (Å²) in [5.41, 5.74) is 1.61. The Morgan fingerprint density at radius 3 is 3.00 bits per heavy atom. The average Bonchev–Trinajstić information content (AvgIpc) is 2.67. The van der Waals surface area contributed by atoms with E-state index in [2.05, 4.69) is 20.4 Å². The van der Waals surface area contributed by atoms with Crippen LogP contribution in [0.25, 0.3) is 11.3 Å². The van der Waals surface area contributed by atoms with Gasteiger partial charge in [0.05, 0.1) is 0 Å². The van der Waals surface area contributed by atoms with Crippen LogP contribution in [0.3, 0.4) is 0 Å². The molecule has 0 saturated carbocycles. The van der Waals surface area contributed by atoms with E-state index in [0.29, 0.717) is 17.7 Å². The Labute approximate surface area is 73.8 Å². The maximum atomic E-state index is 10.5. The first-order valence-corrected chi connectivity index (χ1v) is 3.68. The second-order valence-corrected chi connectivity index (χ2v) is 2.42. The van der Waals surface area contributed by atoms with Crippen molar-refractivity contribution in [2.45, 2.75) is 0 Å². The summed E-state index contributed by atoms with van der Waals surface area (Å²) < 4.78 is 0. The number of rotatable bonds is 2. The second kappa shape index (κ2) is 3.14. The lowest BCUT2D eigenvalue weighted by Gasteiger charge is -1.93. The maximum Gasteiger partial charge on any atom is 0.172 e. The third-order valence-corrected chi connectivity index (χ3v) is 1.62. The highest BCUT2D eigenvalue weighted by molar-refractivity contribution is 5.82. The van der Waals surface area contributed by atoms with Gasteiger partial charge in [-0.25, -0.2) is 0 Å². The van der Waals surface area contributed by atoms with E-state index in [9.17, 15) is 4.79 Å². The highest BCUT2D eigenvalue weighted by Gasteiger charge is 2.08. The molecule has 0 spiro atoms. The number of pyridine rings is 1. The van der Waals surface area contributed by atoms with E-state index in [-0.39, 0.29) is 0 Å². The minimum absolute atomic E-state index is 0.299. The van der Waals surface area contributed by atoms with Crippen LogP contribution in [-0.2, 0) is 0 Å². The standard InChI is InChI=1S/C8H6N4O/c13-5-7-8(11-12-10-7)6-2-1-3-9-4-6/h1-5H,(H,10,11,12). The van der Waals surface area contributed by atoms with Crippen molar-refractivity contribution >= 4 is 6.29 Å². The molecule has 0 atom stereocenters. The van der Waals surface area contributed by atoms with Crippen molar-refractivity contribution in [2.24, 2.45) is 0 Å². The van der Waals surface area contributed by atoms with Gasteiger partial charge in [0, 0.05) is 18.0 Å². The molecule has 1 N–H and O–H groups in total. The van der Waals surface area contributed by atoms with E-state index >= 15 is 0 Å². The maximum absolute atomic E-state index is 10.5. The van der Waals surface area contributed by atoms with Crippen LogP contribution in [0, 0.1) is 0 Å². The Hall–Kier alpha value is -2.04. The molecule has 2 heterocycles. The van der Waals surface area contributed by atoms with Crippen molar-refractivity contribution in [1.29, 1.82) is 0 Å². The quantitative estimate of drug-likeness (QED) is 0.679. The predicted octanol–water partition coefficient (Wildman–Crippen LogP) is 0.679. The van der Waals surface area contributed by atoms with E-state index in [4.69, 9.17) is 0 Å². The molecule has 0 aliphatic heterocycles. The summed E-state index contributed by atoms with van der Waals surface area (Å²) in [6.07, 6.45) is 3.95. The van der Waals surface area contributed by atoms with Crippen LogP contribution in [0.15, 0.2) is 24.5 Å². The second-order valence-electron chi connectivity index (χ2n) is 2.42. The zero-order valence-electron chi connectivity index (χ0n) is 6.64. The van der Waals surface area contributed by atoms with Crippen molar-refractivity contribution in [1.82, 2.24) is 20.4 Å². The fourth-order valence-electron chi connectivity index (χ4n) is 1.04. The van der Waals surface area contributed by atoms with Gasteiger partial charge in [0.1, 0.15) is 5.69 Å². The largest absolute Gasteiger partial charge is 0.296 e. The molecule has 0 amide bonds. The van der Waals surface area contributed by atoms with Crippen molar-refractivity contribution in [3.8, 4) is 11.3 Å². The van der Waals surface area contributed by atoms with Crippen LogP contribution in [-0.4, -0.2) is 26.7 Å². The smallest absolute Gasteiger partial charge is 0.172 e. The average molecular weight is 174 g/mol. The van der Waals surface area contributed by atoms with Gasteiger partial charge in [-0.3, -0.25) is 9.78 Å². The summed E-state index contributed by atoms with van der Waals surface area (Å²) in [7, 11) is 0. The van der Waals surface area contributed by atoms with Gasteiger partial charge in [0.25, 0.3) is 0 Å². The topological polar surface area (TPSA) is 71.5 Å². The highest BCUT2D eigenvalue weighted by atomic mass is 16.1. The molecule has 2 rings (SSSR count). The van der Waals surface area contributed by atoms with Crippen LogP contribution >= 0.6 is 0 Å². The van der Waals surface area contributed by atoms with Crippen LogP contribution in [0.4, 0.5) is 0 Å². The van der Waals surface area contributed by atoms with Crippen LogP contribution in [0.5, 0.6) is 0 Å². The summed E-state index contributed by atoms with van der Waals surface area (Å²) in [5, 5.41) is 9.92. The van der Waals surface area contributed by atoms with Gasteiger partial charge in [0.15, 0.2) is 12.0 Å². The van der Waals surface area contributed by atoms with Gasteiger partial charge < -0.3 is 0 Å². The zero-order chi connectivity index (χ0) is 9.10. The van der Waals surface area contributed by atoms with E-state index in [1.54, 1.807) is 18.5 Å². The van der Waals surface area contributed by atoms with Gasteiger partial charge in [0.2, 0.25) is 0 Å². The summed E-state index contributed by atoms with van der Waals surface area (Å²) >= 11 is 0. The van der Waals surface area contributed by atoms with Gasteiger partial charge in [-0.05, 0) is 12.1 Å². The van der Waals surface area contributed by atoms with Gasteiger partial charge in [-0.2, -0.15) is 15.4 Å². The lowest BCUT2D eigenvalue weighted by molar-refractivity contribution is 0.111. The molecule has 0 aromatic carbocycles. The summed E-state index contributed by atoms with van der Waals surface area (Å²) in [6, 6.07) is 3.59. The Morgan fingerprint density at radius 1 is 1.38 bits per heavy atom. The highest BCUT2D eigenvalue weighted by Crippen LogP contribution is 2.15. The molecule has 5 nitrogen and oxygen atoms in total. The SMILES string of the molecule is O=Cc1n[nH]nc1-c1cccnc1. The number of nitrogens with one attached hydrogen (secondary N) is 1. The zero-order valence-corrected chi connectivity index (χ0v) is 6.64. The normalized spacial score (nSPS) is 9.85. The molecule has 2 aromatic rings. The number of H-pyrrole nitrogens is 1. The number of aldehydes is 1. The summed E-state index contributed by atoms with van der Waals surface area (Å²) in [4.78, 5) is 14.4. The molecule has 0 aliphatic carbocycles. The molecule has 0 fully saturated rings. The van der Waals surface area contributed by atoms with E-state index in [1.807, 2.05) is 6.07 Å². The van der Waals surface area contributed by atoms with E-state index in [0.717, 1.165) is 5.56 Å². The summed E-state index contributed by atoms with van der Waals surface area (Å²) in [6.45, 7) is 0. The van der Waals surface area contributed by atoms with E-state index < -0.39 is 0 Å². The fourth-order valence-corrected chi connectivity index (χ4v) is 1.04. The minimum atomic E-state index is 0.299. The Morgan fingerprint density at radius 2 is 2.31 bits per heavy atom. The van der Waals surface area contributed by atoms with Crippen molar-refractivity contribution < 1.29 is 4.79 Å². The molecule has 13 heavy (non-hydrogen) atoms. The number of nitrogens with zero attached hydrogens (tertiary/aromatic N) is 3.